The maximum absolute atomic E-state index is 11.4. The highest BCUT2D eigenvalue weighted by molar-refractivity contribution is 5.71. The first kappa shape index (κ1) is 18.1. The topological polar surface area (TPSA) is 75.4 Å². The molecule has 2 aromatic heterocycles. The van der Waals surface area contributed by atoms with Gasteiger partial charge in [-0.3, -0.25) is 20.0 Å². The lowest BCUT2D eigenvalue weighted by atomic mass is 10.1. The van der Waals surface area contributed by atoms with Crippen molar-refractivity contribution in [3.8, 4) is 11.3 Å². The Hall–Kier alpha value is -3.32. The second-order valence-corrected chi connectivity index (χ2v) is 6.78. The summed E-state index contributed by atoms with van der Waals surface area (Å²) in [5.74, 6) is 0.783. The lowest BCUT2D eigenvalue weighted by Crippen LogP contribution is -2.46. The van der Waals surface area contributed by atoms with Crippen LogP contribution in [0.2, 0.25) is 0 Å². The minimum atomic E-state index is -0.370. The number of aromatic nitrogens is 2. The zero-order valence-corrected chi connectivity index (χ0v) is 15.4. The lowest BCUT2D eigenvalue weighted by Gasteiger charge is -2.35. The average molecular weight is 375 g/mol. The molecule has 1 aliphatic heterocycles. The van der Waals surface area contributed by atoms with Gasteiger partial charge in [-0.05, 0) is 17.7 Å². The molecule has 1 aromatic carbocycles. The van der Waals surface area contributed by atoms with Gasteiger partial charge in [0.15, 0.2) is 5.69 Å². The molecule has 0 N–H and O–H groups in total. The van der Waals surface area contributed by atoms with Gasteiger partial charge >= 0.3 is 0 Å². The molecule has 0 spiro atoms. The highest BCUT2D eigenvalue weighted by atomic mass is 16.6. The van der Waals surface area contributed by atoms with E-state index in [9.17, 15) is 10.1 Å². The van der Waals surface area contributed by atoms with E-state index >= 15 is 0 Å². The quantitative estimate of drug-likeness (QED) is 0.503. The van der Waals surface area contributed by atoms with E-state index in [-0.39, 0.29) is 10.6 Å². The molecule has 3 heterocycles. The number of hydrogen-bond acceptors (Lipinski definition) is 6. The molecule has 0 bridgehead atoms. The maximum atomic E-state index is 11.4. The Bertz CT molecular complexity index is 942. The van der Waals surface area contributed by atoms with E-state index in [2.05, 4.69) is 25.8 Å². The van der Waals surface area contributed by atoms with Gasteiger partial charge in [-0.25, -0.2) is 4.98 Å². The fourth-order valence-corrected chi connectivity index (χ4v) is 3.46. The Balaban J connectivity index is 1.50. The van der Waals surface area contributed by atoms with Crippen LogP contribution < -0.4 is 4.90 Å². The van der Waals surface area contributed by atoms with E-state index in [1.165, 1.54) is 5.56 Å². The maximum Gasteiger partial charge on any atom is 0.295 e. The van der Waals surface area contributed by atoms with Gasteiger partial charge < -0.3 is 4.90 Å². The normalized spacial score (nSPS) is 14.8. The van der Waals surface area contributed by atoms with Gasteiger partial charge in [0.2, 0.25) is 0 Å². The molecule has 0 amide bonds. The van der Waals surface area contributed by atoms with Crippen molar-refractivity contribution in [2.45, 2.75) is 6.54 Å². The first-order chi connectivity index (χ1) is 13.7. The minimum absolute atomic E-state index is 0.0326. The van der Waals surface area contributed by atoms with Crippen molar-refractivity contribution in [3.63, 3.8) is 0 Å². The predicted molar refractivity (Wildman–Crippen MR) is 108 cm³/mol. The summed E-state index contributed by atoms with van der Waals surface area (Å²) < 4.78 is 0. The molecule has 28 heavy (non-hydrogen) atoms. The SMILES string of the molecule is O=[N+]([O-])c1ccc(N2CCN(Cc3cccnc3)CC2)nc1-c1ccccc1. The van der Waals surface area contributed by atoms with E-state index in [0.29, 0.717) is 5.69 Å². The largest absolute Gasteiger partial charge is 0.354 e. The van der Waals surface area contributed by atoms with Crippen LogP contribution in [0.3, 0.4) is 0 Å². The highest BCUT2D eigenvalue weighted by Gasteiger charge is 2.22. The summed E-state index contributed by atoms with van der Waals surface area (Å²) in [5, 5.41) is 11.4. The van der Waals surface area contributed by atoms with Gasteiger partial charge in [-0.2, -0.15) is 0 Å². The van der Waals surface area contributed by atoms with Crippen molar-refractivity contribution in [3.05, 3.63) is 82.7 Å². The Morgan fingerprint density at radius 3 is 2.43 bits per heavy atom. The molecule has 0 saturated carbocycles. The third kappa shape index (κ3) is 3.99. The standard InChI is InChI=1S/C21H21N5O2/c27-26(28)19-8-9-20(23-21(19)18-6-2-1-3-7-18)25-13-11-24(12-14-25)16-17-5-4-10-22-15-17/h1-10,15H,11-14,16H2. The Kier molecular flexibility index (Phi) is 5.25. The molecule has 3 aromatic rings. The van der Waals surface area contributed by atoms with Crippen LogP contribution in [0.15, 0.2) is 67.0 Å². The molecule has 4 rings (SSSR count). The van der Waals surface area contributed by atoms with E-state index in [1.807, 2.05) is 42.6 Å². The molecule has 0 unspecified atom stereocenters. The highest BCUT2D eigenvalue weighted by Crippen LogP contribution is 2.30. The van der Waals surface area contributed by atoms with Crippen LogP contribution in [0, 0.1) is 10.1 Å². The summed E-state index contributed by atoms with van der Waals surface area (Å²) in [5.41, 5.74) is 2.41. The molecule has 7 nitrogen and oxygen atoms in total. The molecular formula is C21H21N5O2. The Labute approximate surface area is 163 Å². The Morgan fingerprint density at radius 2 is 1.75 bits per heavy atom. The van der Waals surface area contributed by atoms with Crippen molar-refractivity contribution in [1.29, 1.82) is 0 Å². The minimum Gasteiger partial charge on any atom is -0.354 e. The van der Waals surface area contributed by atoms with Gasteiger partial charge in [0, 0.05) is 56.7 Å². The predicted octanol–water partition coefficient (Wildman–Crippen LogP) is 3.37. The van der Waals surface area contributed by atoms with Crippen LogP contribution in [0.25, 0.3) is 11.3 Å². The van der Waals surface area contributed by atoms with E-state index in [4.69, 9.17) is 0 Å². The monoisotopic (exact) mass is 375 g/mol. The van der Waals surface area contributed by atoms with Crippen LogP contribution in [-0.2, 0) is 6.54 Å². The van der Waals surface area contributed by atoms with E-state index < -0.39 is 0 Å². The van der Waals surface area contributed by atoms with Crippen LogP contribution in [0.1, 0.15) is 5.56 Å². The van der Waals surface area contributed by atoms with Crippen LogP contribution in [0.4, 0.5) is 11.5 Å². The molecule has 1 aliphatic rings. The molecule has 7 heteroatoms. The summed E-state index contributed by atoms with van der Waals surface area (Å²) in [6, 6.07) is 16.7. The van der Waals surface area contributed by atoms with Gasteiger partial charge in [-0.1, -0.05) is 36.4 Å². The summed E-state index contributed by atoms with van der Waals surface area (Å²) >= 11 is 0. The fourth-order valence-electron chi connectivity index (χ4n) is 3.46. The first-order valence-electron chi connectivity index (χ1n) is 9.28. The van der Waals surface area contributed by atoms with Gasteiger partial charge in [0.1, 0.15) is 5.82 Å². The molecule has 0 radical (unpaired) electrons. The van der Waals surface area contributed by atoms with Crippen molar-refractivity contribution in [2.75, 3.05) is 31.1 Å². The van der Waals surface area contributed by atoms with Crippen LogP contribution in [0.5, 0.6) is 0 Å². The fraction of sp³-hybridized carbons (Fsp3) is 0.238. The second-order valence-electron chi connectivity index (χ2n) is 6.78. The van der Waals surface area contributed by atoms with Gasteiger partial charge in [0.05, 0.1) is 4.92 Å². The summed E-state index contributed by atoms with van der Waals surface area (Å²) in [7, 11) is 0. The van der Waals surface area contributed by atoms with Crippen molar-refractivity contribution in [2.24, 2.45) is 0 Å². The number of pyridine rings is 2. The zero-order chi connectivity index (χ0) is 19.3. The average Bonchev–Trinajstić information content (AvgIpc) is 2.75. The number of piperazine rings is 1. The summed E-state index contributed by atoms with van der Waals surface area (Å²) in [6.45, 7) is 4.37. The van der Waals surface area contributed by atoms with E-state index in [0.717, 1.165) is 44.1 Å². The second kappa shape index (κ2) is 8.14. The van der Waals surface area contributed by atoms with Crippen molar-refractivity contribution < 1.29 is 4.92 Å². The summed E-state index contributed by atoms with van der Waals surface area (Å²) in [6.07, 6.45) is 3.68. The number of anilines is 1. The third-order valence-electron chi connectivity index (χ3n) is 4.93. The zero-order valence-electron chi connectivity index (χ0n) is 15.4. The molecule has 1 saturated heterocycles. The van der Waals surface area contributed by atoms with Gasteiger partial charge in [-0.15, -0.1) is 0 Å². The number of nitro groups is 1. The van der Waals surface area contributed by atoms with Crippen LogP contribution in [-0.4, -0.2) is 46.0 Å². The molecule has 0 atom stereocenters. The summed E-state index contributed by atoms with van der Waals surface area (Å²) in [4.78, 5) is 24.5. The smallest absolute Gasteiger partial charge is 0.295 e. The molecule has 0 aliphatic carbocycles. The van der Waals surface area contributed by atoms with Crippen LogP contribution >= 0.6 is 0 Å². The number of rotatable bonds is 5. The number of hydrogen-bond donors (Lipinski definition) is 0. The first-order valence-corrected chi connectivity index (χ1v) is 9.28. The Morgan fingerprint density at radius 1 is 0.964 bits per heavy atom. The molecular weight excluding hydrogens is 354 g/mol. The van der Waals surface area contributed by atoms with Gasteiger partial charge in [0.25, 0.3) is 5.69 Å². The third-order valence-corrected chi connectivity index (χ3v) is 4.93. The molecule has 142 valence electrons. The number of nitrogens with zero attached hydrogens (tertiary/aromatic N) is 5. The van der Waals surface area contributed by atoms with Crippen molar-refractivity contribution in [1.82, 2.24) is 14.9 Å². The lowest BCUT2D eigenvalue weighted by molar-refractivity contribution is -0.384. The van der Waals surface area contributed by atoms with E-state index in [1.54, 1.807) is 18.3 Å². The molecule has 1 fully saturated rings. The number of benzene rings is 1. The van der Waals surface area contributed by atoms with Crippen molar-refractivity contribution >= 4 is 11.5 Å².